The summed E-state index contributed by atoms with van der Waals surface area (Å²) in [4.78, 5) is 26.2. The van der Waals surface area contributed by atoms with Crippen LogP contribution in [-0.2, 0) is 0 Å². The van der Waals surface area contributed by atoms with Gasteiger partial charge in [-0.15, -0.1) is 0 Å². The monoisotopic (exact) mass is 373 g/mol. The van der Waals surface area contributed by atoms with E-state index in [1.165, 1.54) is 0 Å². The Bertz CT molecular complexity index is 982. The summed E-state index contributed by atoms with van der Waals surface area (Å²) < 4.78 is 0. The summed E-state index contributed by atoms with van der Waals surface area (Å²) in [5, 5.41) is 6.18. The maximum atomic E-state index is 12.8. The van der Waals surface area contributed by atoms with Crippen molar-refractivity contribution in [1.29, 1.82) is 0 Å². The molecule has 0 aliphatic heterocycles. The number of amides is 1. The molecule has 0 saturated heterocycles. The third kappa shape index (κ3) is 4.01. The molecule has 0 unspecified atom stereocenters. The van der Waals surface area contributed by atoms with Crippen molar-refractivity contribution in [3.63, 3.8) is 0 Å². The van der Waals surface area contributed by atoms with E-state index in [0.717, 1.165) is 35.6 Å². The standard InChI is InChI=1S/C22H23N5O/c1-14-4-3-5-18(25-14)20(15-6-7-15)27-22(28)17-10-8-16(9-11-17)21-24-13-12-19(23-2)26-21/h3-5,8-13,15,20H,6-7H2,1-2H3,(H,27,28)(H,23,24,26)/t20-/m0/s1. The molecule has 6 heteroatoms. The minimum absolute atomic E-state index is 0.0391. The van der Waals surface area contributed by atoms with Crippen LogP contribution in [0.1, 0.15) is 40.6 Å². The van der Waals surface area contributed by atoms with Crippen LogP contribution in [0, 0.1) is 12.8 Å². The van der Waals surface area contributed by atoms with Gasteiger partial charge in [0.1, 0.15) is 5.82 Å². The molecule has 1 amide bonds. The van der Waals surface area contributed by atoms with E-state index in [4.69, 9.17) is 0 Å². The molecular formula is C22H23N5O. The third-order valence-corrected chi connectivity index (χ3v) is 4.93. The smallest absolute Gasteiger partial charge is 0.251 e. The van der Waals surface area contributed by atoms with Gasteiger partial charge in [-0.3, -0.25) is 9.78 Å². The van der Waals surface area contributed by atoms with Gasteiger partial charge in [-0.2, -0.15) is 0 Å². The summed E-state index contributed by atoms with van der Waals surface area (Å²) in [5.74, 6) is 1.76. The Labute approximate surface area is 164 Å². The molecular weight excluding hydrogens is 350 g/mol. The van der Waals surface area contributed by atoms with Gasteiger partial charge in [0.15, 0.2) is 5.82 Å². The molecule has 142 valence electrons. The maximum Gasteiger partial charge on any atom is 0.251 e. The van der Waals surface area contributed by atoms with Gasteiger partial charge in [0.2, 0.25) is 0 Å². The molecule has 1 aliphatic rings. The van der Waals surface area contributed by atoms with Crippen LogP contribution < -0.4 is 10.6 Å². The minimum atomic E-state index is -0.0864. The molecule has 1 atom stereocenters. The SMILES string of the molecule is CNc1ccnc(-c2ccc(C(=O)N[C@H](c3cccc(C)n3)C3CC3)cc2)n1. The summed E-state index contributed by atoms with van der Waals surface area (Å²) >= 11 is 0. The number of nitrogens with zero attached hydrogens (tertiary/aromatic N) is 3. The van der Waals surface area contributed by atoms with Crippen molar-refractivity contribution in [2.24, 2.45) is 5.92 Å². The van der Waals surface area contributed by atoms with Crippen molar-refractivity contribution in [3.8, 4) is 11.4 Å². The zero-order valence-electron chi connectivity index (χ0n) is 16.0. The number of carbonyl (C=O) groups is 1. The van der Waals surface area contributed by atoms with Crippen LogP contribution in [0.5, 0.6) is 0 Å². The molecule has 3 aromatic rings. The summed E-state index contributed by atoms with van der Waals surface area (Å²) in [7, 11) is 1.82. The first kappa shape index (κ1) is 18.1. The number of hydrogen-bond acceptors (Lipinski definition) is 5. The third-order valence-electron chi connectivity index (χ3n) is 4.93. The first-order valence-corrected chi connectivity index (χ1v) is 9.49. The summed E-state index contributed by atoms with van der Waals surface area (Å²) in [6.07, 6.45) is 3.96. The fourth-order valence-electron chi connectivity index (χ4n) is 3.23. The second kappa shape index (κ2) is 7.76. The minimum Gasteiger partial charge on any atom is -0.373 e. The molecule has 0 radical (unpaired) electrons. The van der Waals surface area contributed by atoms with E-state index in [0.29, 0.717) is 17.3 Å². The lowest BCUT2D eigenvalue weighted by atomic mass is 10.1. The number of rotatable bonds is 6. The number of benzene rings is 1. The Morgan fingerprint density at radius 3 is 2.54 bits per heavy atom. The summed E-state index contributed by atoms with van der Waals surface area (Å²) in [6.45, 7) is 1.97. The Morgan fingerprint density at radius 1 is 1.07 bits per heavy atom. The zero-order chi connectivity index (χ0) is 19.5. The van der Waals surface area contributed by atoms with Crippen molar-refractivity contribution < 1.29 is 4.79 Å². The highest BCUT2D eigenvalue weighted by Gasteiger charge is 2.34. The van der Waals surface area contributed by atoms with Gasteiger partial charge < -0.3 is 10.6 Å². The lowest BCUT2D eigenvalue weighted by molar-refractivity contribution is 0.0930. The Morgan fingerprint density at radius 2 is 1.86 bits per heavy atom. The average molecular weight is 373 g/mol. The first-order chi connectivity index (χ1) is 13.6. The molecule has 6 nitrogen and oxygen atoms in total. The van der Waals surface area contributed by atoms with Crippen LogP contribution in [0.4, 0.5) is 5.82 Å². The van der Waals surface area contributed by atoms with E-state index in [2.05, 4.69) is 25.6 Å². The predicted molar refractivity (Wildman–Crippen MR) is 109 cm³/mol. The Kier molecular flexibility index (Phi) is 5.02. The summed E-state index contributed by atoms with van der Waals surface area (Å²) in [6, 6.07) is 15.1. The van der Waals surface area contributed by atoms with Gasteiger partial charge in [-0.1, -0.05) is 18.2 Å². The van der Waals surface area contributed by atoms with Gasteiger partial charge in [-0.05, 0) is 56.0 Å². The molecule has 2 aromatic heterocycles. The van der Waals surface area contributed by atoms with Crippen molar-refractivity contribution in [3.05, 3.63) is 71.7 Å². The number of pyridine rings is 1. The number of aromatic nitrogens is 3. The largest absolute Gasteiger partial charge is 0.373 e. The Hall–Kier alpha value is -3.28. The highest BCUT2D eigenvalue weighted by atomic mass is 16.1. The Balaban J connectivity index is 1.51. The predicted octanol–water partition coefficient (Wildman–Crippen LogP) is 3.77. The second-order valence-electron chi connectivity index (χ2n) is 7.09. The van der Waals surface area contributed by atoms with Crippen LogP contribution in [0.3, 0.4) is 0 Å². The molecule has 28 heavy (non-hydrogen) atoms. The summed E-state index contributed by atoms with van der Waals surface area (Å²) in [5.41, 5.74) is 3.38. The van der Waals surface area contributed by atoms with Crippen LogP contribution in [0.15, 0.2) is 54.7 Å². The zero-order valence-corrected chi connectivity index (χ0v) is 16.0. The van der Waals surface area contributed by atoms with E-state index in [9.17, 15) is 4.79 Å². The van der Waals surface area contributed by atoms with E-state index >= 15 is 0 Å². The van der Waals surface area contributed by atoms with E-state index in [-0.39, 0.29) is 11.9 Å². The highest BCUT2D eigenvalue weighted by molar-refractivity contribution is 5.94. The average Bonchev–Trinajstić information content (AvgIpc) is 3.57. The molecule has 0 bridgehead atoms. The van der Waals surface area contributed by atoms with Crippen LogP contribution in [0.25, 0.3) is 11.4 Å². The van der Waals surface area contributed by atoms with Crippen LogP contribution in [0.2, 0.25) is 0 Å². The number of nitrogens with one attached hydrogen (secondary N) is 2. The van der Waals surface area contributed by atoms with Gasteiger partial charge in [0, 0.05) is 30.1 Å². The molecule has 4 rings (SSSR count). The highest BCUT2D eigenvalue weighted by Crippen LogP contribution is 2.40. The molecule has 2 heterocycles. The fourth-order valence-corrected chi connectivity index (χ4v) is 3.23. The van der Waals surface area contributed by atoms with Gasteiger partial charge in [-0.25, -0.2) is 9.97 Å². The lowest BCUT2D eigenvalue weighted by Crippen LogP contribution is -2.30. The number of hydrogen-bond donors (Lipinski definition) is 2. The van der Waals surface area contributed by atoms with Gasteiger partial charge >= 0.3 is 0 Å². The van der Waals surface area contributed by atoms with E-state index < -0.39 is 0 Å². The van der Waals surface area contributed by atoms with Crippen molar-refractivity contribution in [2.75, 3.05) is 12.4 Å². The van der Waals surface area contributed by atoms with Crippen molar-refractivity contribution in [2.45, 2.75) is 25.8 Å². The maximum absolute atomic E-state index is 12.8. The van der Waals surface area contributed by atoms with Crippen molar-refractivity contribution in [1.82, 2.24) is 20.3 Å². The van der Waals surface area contributed by atoms with E-state index in [1.807, 2.05) is 62.5 Å². The molecule has 1 saturated carbocycles. The topological polar surface area (TPSA) is 79.8 Å². The van der Waals surface area contributed by atoms with Crippen molar-refractivity contribution >= 4 is 11.7 Å². The number of aryl methyl sites for hydroxylation is 1. The second-order valence-corrected chi connectivity index (χ2v) is 7.09. The quantitative estimate of drug-likeness (QED) is 0.687. The van der Waals surface area contributed by atoms with Crippen LogP contribution in [-0.4, -0.2) is 27.9 Å². The first-order valence-electron chi connectivity index (χ1n) is 9.49. The molecule has 1 fully saturated rings. The van der Waals surface area contributed by atoms with Crippen LogP contribution >= 0.6 is 0 Å². The molecule has 1 aliphatic carbocycles. The molecule has 1 aromatic carbocycles. The molecule has 2 N–H and O–H groups in total. The lowest BCUT2D eigenvalue weighted by Gasteiger charge is -2.18. The van der Waals surface area contributed by atoms with Gasteiger partial charge in [0.05, 0.1) is 11.7 Å². The fraction of sp³-hybridized carbons (Fsp3) is 0.273. The van der Waals surface area contributed by atoms with E-state index in [1.54, 1.807) is 6.20 Å². The number of anilines is 1. The normalized spacial score (nSPS) is 14.4. The molecule has 0 spiro atoms. The number of carbonyl (C=O) groups excluding carboxylic acids is 1. The van der Waals surface area contributed by atoms with Gasteiger partial charge in [0.25, 0.3) is 5.91 Å².